The minimum atomic E-state index is -0.322. The first-order chi connectivity index (χ1) is 9.13. The molecule has 2 rings (SSSR count). The number of anilines is 1. The van der Waals surface area contributed by atoms with Crippen molar-refractivity contribution >= 4 is 23.1 Å². The highest BCUT2D eigenvalue weighted by molar-refractivity contribution is 7.09. The Bertz CT molecular complexity index is 525. The Morgan fingerprint density at radius 1 is 1.32 bits per heavy atom. The van der Waals surface area contributed by atoms with Crippen LogP contribution < -0.4 is 10.6 Å². The largest absolute Gasteiger partial charge is 0.335 e. The fourth-order valence-corrected chi connectivity index (χ4v) is 2.54. The summed E-state index contributed by atoms with van der Waals surface area (Å²) in [5.74, 6) is -0.322. The summed E-state index contributed by atoms with van der Waals surface area (Å²) in [6.07, 6.45) is 0.800. The number of rotatable bonds is 4. The molecule has 0 fully saturated rings. The third kappa shape index (κ3) is 4.37. The average molecular weight is 278 g/mol. The zero-order valence-electron chi connectivity index (χ0n) is 10.5. The maximum atomic E-state index is 12.7. The van der Waals surface area contributed by atoms with E-state index in [1.165, 1.54) is 29.1 Å². The molecule has 100 valence electrons. The summed E-state index contributed by atoms with van der Waals surface area (Å²) in [5.41, 5.74) is 0.572. The number of carbonyl (C=O) groups excluding carboxylic acids is 1. The lowest BCUT2D eigenvalue weighted by atomic mass is 10.2. The van der Waals surface area contributed by atoms with E-state index >= 15 is 0 Å². The number of benzene rings is 1. The van der Waals surface area contributed by atoms with Gasteiger partial charge in [-0.1, -0.05) is 6.07 Å². The van der Waals surface area contributed by atoms with Crippen LogP contribution in [0.4, 0.5) is 14.9 Å². The zero-order chi connectivity index (χ0) is 13.7. The number of urea groups is 1. The van der Waals surface area contributed by atoms with Crippen LogP contribution in [-0.4, -0.2) is 12.1 Å². The van der Waals surface area contributed by atoms with E-state index in [-0.39, 0.29) is 17.9 Å². The van der Waals surface area contributed by atoms with Crippen LogP contribution in [-0.2, 0) is 6.42 Å². The number of hydrogen-bond acceptors (Lipinski definition) is 2. The average Bonchev–Trinajstić information content (AvgIpc) is 2.84. The van der Waals surface area contributed by atoms with Gasteiger partial charge in [-0.3, -0.25) is 0 Å². The fraction of sp³-hybridized carbons (Fsp3) is 0.214. The number of nitrogens with one attached hydrogen (secondary N) is 2. The lowest BCUT2D eigenvalue weighted by Crippen LogP contribution is -2.37. The van der Waals surface area contributed by atoms with Crippen LogP contribution in [0.15, 0.2) is 41.8 Å². The Morgan fingerprint density at radius 2 is 2.05 bits per heavy atom. The molecule has 1 atom stereocenters. The van der Waals surface area contributed by atoms with Crippen LogP contribution in [0.1, 0.15) is 11.8 Å². The summed E-state index contributed by atoms with van der Waals surface area (Å²) in [4.78, 5) is 13.0. The summed E-state index contributed by atoms with van der Waals surface area (Å²) in [5, 5.41) is 7.52. The molecule has 3 nitrogen and oxygen atoms in total. The molecule has 0 unspecified atom stereocenters. The Hall–Kier alpha value is -1.88. The maximum absolute atomic E-state index is 12.7. The van der Waals surface area contributed by atoms with Crippen LogP contribution in [0.5, 0.6) is 0 Å². The molecule has 2 N–H and O–H groups in total. The monoisotopic (exact) mass is 278 g/mol. The van der Waals surface area contributed by atoms with Crippen LogP contribution in [0.25, 0.3) is 0 Å². The Morgan fingerprint density at radius 3 is 2.68 bits per heavy atom. The van der Waals surface area contributed by atoms with Crippen molar-refractivity contribution in [2.75, 3.05) is 5.32 Å². The highest BCUT2D eigenvalue weighted by Crippen LogP contribution is 2.11. The molecule has 0 saturated heterocycles. The molecule has 0 radical (unpaired) electrons. The van der Waals surface area contributed by atoms with Crippen LogP contribution in [0.2, 0.25) is 0 Å². The molecule has 0 bridgehead atoms. The van der Waals surface area contributed by atoms with E-state index in [9.17, 15) is 9.18 Å². The Balaban J connectivity index is 1.82. The molecule has 1 aromatic carbocycles. The van der Waals surface area contributed by atoms with E-state index < -0.39 is 0 Å². The second-order valence-electron chi connectivity index (χ2n) is 4.29. The van der Waals surface area contributed by atoms with Crippen molar-refractivity contribution in [3.8, 4) is 0 Å². The first-order valence-electron chi connectivity index (χ1n) is 5.99. The summed E-state index contributed by atoms with van der Waals surface area (Å²) in [7, 11) is 0. The van der Waals surface area contributed by atoms with Gasteiger partial charge >= 0.3 is 6.03 Å². The van der Waals surface area contributed by atoms with Crippen molar-refractivity contribution in [1.82, 2.24) is 5.32 Å². The van der Waals surface area contributed by atoms with Gasteiger partial charge in [0, 0.05) is 23.0 Å². The second kappa shape index (κ2) is 6.33. The summed E-state index contributed by atoms with van der Waals surface area (Å²) in [6, 6.07) is 9.47. The van der Waals surface area contributed by atoms with Crippen molar-refractivity contribution in [2.24, 2.45) is 0 Å². The van der Waals surface area contributed by atoms with Gasteiger partial charge in [-0.25, -0.2) is 9.18 Å². The number of hydrogen-bond donors (Lipinski definition) is 2. The second-order valence-corrected chi connectivity index (χ2v) is 5.32. The van der Waals surface area contributed by atoms with Crippen molar-refractivity contribution in [3.63, 3.8) is 0 Å². The van der Waals surface area contributed by atoms with Gasteiger partial charge in [-0.2, -0.15) is 0 Å². The van der Waals surface area contributed by atoms with E-state index in [0.29, 0.717) is 5.69 Å². The van der Waals surface area contributed by atoms with E-state index in [1.54, 1.807) is 11.3 Å². The summed E-state index contributed by atoms with van der Waals surface area (Å²) >= 11 is 1.67. The summed E-state index contributed by atoms with van der Waals surface area (Å²) < 4.78 is 12.7. The quantitative estimate of drug-likeness (QED) is 0.880. The van der Waals surface area contributed by atoms with Gasteiger partial charge in [-0.05, 0) is 42.6 Å². The Labute approximate surface area is 115 Å². The predicted octanol–water partition coefficient (Wildman–Crippen LogP) is 3.64. The van der Waals surface area contributed by atoms with E-state index in [0.717, 1.165) is 6.42 Å². The highest BCUT2D eigenvalue weighted by atomic mass is 32.1. The van der Waals surface area contributed by atoms with Gasteiger partial charge in [0.1, 0.15) is 5.82 Å². The van der Waals surface area contributed by atoms with Gasteiger partial charge in [-0.15, -0.1) is 11.3 Å². The molecule has 0 aliphatic heterocycles. The molecule has 1 heterocycles. The SMILES string of the molecule is C[C@@H](Cc1cccs1)NC(=O)Nc1ccc(F)cc1. The van der Waals surface area contributed by atoms with Crippen molar-refractivity contribution in [3.05, 3.63) is 52.5 Å². The van der Waals surface area contributed by atoms with Crippen molar-refractivity contribution in [2.45, 2.75) is 19.4 Å². The van der Waals surface area contributed by atoms with Crippen molar-refractivity contribution < 1.29 is 9.18 Å². The lowest BCUT2D eigenvalue weighted by Gasteiger charge is -2.13. The zero-order valence-corrected chi connectivity index (χ0v) is 11.3. The van der Waals surface area contributed by atoms with Gasteiger partial charge in [0.05, 0.1) is 0 Å². The van der Waals surface area contributed by atoms with Crippen LogP contribution in [0, 0.1) is 5.82 Å². The molecule has 2 aromatic rings. The fourth-order valence-electron chi connectivity index (χ4n) is 1.71. The molecule has 0 spiro atoms. The molecule has 19 heavy (non-hydrogen) atoms. The smallest absolute Gasteiger partial charge is 0.319 e. The number of thiophene rings is 1. The van der Waals surface area contributed by atoms with Crippen molar-refractivity contribution in [1.29, 1.82) is 0 Å². The highest BCUT2D eigenvalue weighted by Gasteiger charge is 2.08. The first kappa shape index (κ1) is 13.5. The number of amides is 2. The minimum absolute atomic E-state index is 0.0408. The molecule has 5 heteroatoms. The van der Waals surface area contributed by atoms with E-state index in [4.69, 9.17) is 0 Å². The molecular weight excluding hydrogens is 263 g/mol. The lowest BCUT2D eigenvalue weighted by molar-refractivity contribution is 0.249. The van der Waals surface area contributed by atoms with E-state index in [2.05, 4.69) is 10.6 Å². The van der Waals surface area contributed by atoms with Gasteiger partial charge < -0.3 is 10.6 Å². The van der Waals surface area contributed by atoms with Crippen LogP contribution in [0.3, 0.4) is 0 Å². The van der Waals surface area contributed by atoms with Gasteiger partial charge in [0.25, 0.3) is 0 Å². The number of carbonyl (C=O) groups is 1. The minimum Gasteiger partial charge on any atom is -0.335 e. The molecule has 0 aliphatic carbocycles. The molecular formula is C14H15FN2OS. The number of halogens is 1. The van der Waals surface area contributed by atoms with E-state index in [1.807, 2.05) is 24.4 Å². The first-order valence-corrected chi connectivity index (χ1v) is 6.87. The molecule has 0 aliphatic rings. The Kier molecular flexibility index (Phi) is 4.52. The van der Waals surface area contributed by atoms with Crippen LogP contribution >= 0.6 is 11.3 Å². The molecule has 2 amide bonds. The normalized spacial score (nSPS) is 11.9. The predicted molar refractivity (Wildman–Crippen MR) is 76.0 cm³/mol. The summed E-state index contributed by atoms with van der Waals surface area (Å²) in [6.45, 7) is 1.95. The third-order valence-electron chi connectivity index (χ3n) is 2.57. The van der Waals surface area contributed by atoms with Gasteiger partial charge in [0.2, 0.25) is 0 Å². The third-order valence-corrected chi connectivity index (χ3v) is 3.47. The topological polar surface area (TPSA) is 41.1 Å². The van der Waals surface area contributed by atoms with Gasteiger partial charge in [0.15, 0.2) is 0 Å². The molecule has 0 saturated carbocycles. The standard InChI is InChI=1S/C14H15FN2OS/c1-10(9-13-3-2-8-19-13)16-14(18)17-12-6-4-11(15)5-7-12/h2-8,10H,9H2,1H3,(H2,16,17,18)/t10-/m0/s1. The maximum Gasteiger partial charge on any atom is 0.319 e. The molecule has 1 aromatic heterocycles.